The van der Waals surface area contributed by atoms with Crippen LogP contribution >= 0.6 is 0 Å². The number of sulfone groups is 1. The van der Waals surface area contributed by atoms with Gasteiger partial charge in [-0.25, -0.2) is 8.42 Å². The van der Waals surface area contributed by atoms with E-state index in [1.807, 2.05) is 0 Å². The van der Waals surface area contributed by atoms with Crippen molar-refractivity contribution in [3.05, 3.63) is 24.3 Å². The molecule has 1 rings (SSSR count). The Hall–Kier alpha value is -1.81. The normalized spacial score (nSPS) is 13.8. The van der Waals surface area contributed by atoms with E-state index < -0.39 is 38.8 Å². The van der Waals surface area contributed by atoms with Gasteiger partial charge in [0.15, 0.2) is 0 Å². The zero-order chi connectivity index (χ0) is 15.6. The molecule has 0 radical (unpaired) electrons. The molecule has 0 aliphatic rings. The molecule has 1 amide bonds. The zero-order valence-electron chi connectivity index (χ0n) is 9.89. The highest BCUT2D eigenvalue weighted by Gasteiger charge is 2.47. The van der Waals surface area contributed by atoms with E-state index in [0.717, 1.165) is 18.2 Å². The van der Waals surface area contributed by atoms with Gasteiger partial charge in [0.05, 0.1) is 10.6 Å². The van der Waals surface area contributed by atoms with Crippen molar-refractivity contribution in [3.8, 4) is 0 Å². The lowest BCUT2D eigenvalue weighted by Crippen LogP contribution is -2.34. The summed E-state index contributed by atoms with van der Waals surface area (Å²) in [6, 6.07) is 4.26. The highest BCUT2D eigenvalue weighted by Crippen LogP contribution is 2.34. The van der Waals surface area contributed by atoms with Gasteiger partial charge in [-0.2, -0.15) is 13.2 Å². The number of para-hydroxylation sites is 1. The first-order chi connectivity index (χ1) is 9.07. The maximum atomic E-state index is 12.5. The number of alkyl halides is 3. The fourth-order valence-corrected chi connectivity index (χ4v) is 2.22. The molecule has 1 aromatic carbocycles. The van der Waals surface area contributed by atoms with Crippen LogP contribution in [0.2, 0.25) is 0 Å². The molecule has 1 unspecified atom stereocenters. The number of amides is 1. The minimum absolute atomic E-state index is 0.384. The van der Waals surface area contributed by atoms with Crippen molar-refractivity contribution in [2.24, 2.45) is 5.73 Å². The first kappa shape index (κ1) is 16.2. The largest absolute Gasteiger partial charge is 0.501 e. The summed E-state index contributed by atoms with van der Waals surface area (Å²) in [5.41, 5.74) is -1.07. The molecule has 0 bridgehead atoms. The van der Waals surface area contributed by atoms with Crippen LogP contribution < -0.4 is 11.1 Å². The van der Waals surface area contributed by atoms with Crippen molar-refractivity contribution in [2.45, 2.75) is 16.5 Å². The highest BCUT2D eigenvalue weighted by atomic mass is 32.2. The molecule has 20 heavy (non-hydrogen) atoms. The number of hydrogen-bond donors (Lipinski definition) is 3. The number of hydrogen-bond acceptors (Lipinski definition) is 5. The Labute approximate surface area is 112 Å². The van der Waals surface area contributed by atoms with Gasteiger partial charge in [0.1, 0.15) is 6.10 Å². The van der Waals surface area contributed by atoms with Crippen molar-refractivity contribution in [1.82, 2.24) is 0 Å². The molecule has 0 heterocycles. The third-order valence-electron chi connectivity index (χ3n) is 2.30. The highest BCUT2D eigenvalue weighted by molar-refractivity contribution is 7.92. The molecule has 6 nitrogen and oxygen atoms in total. The summed E-state index contributed by atoms with van der Waals surface area (Å²) in [6.45, 7) is -0.514. The molecule has 10 heteroatoms. The SMILES string of the molecule is NC(=O)C(O)CNc1ccccc1S(=O)(=O)C(F)(F)F. The van der Waals surface area contributed by atoms with E-state index >= 15 is 0 Å². The quantitative estimate of drug-likeness (QED) is 0.721. The van der Waals surface area contributed by atoms with Crippen LogP contribution in [0.25, 0.3) is 0 Å². The van der Waals surface area contributed by atoms with E-state index in [4.69, 9.17) is 10.8 Å². The number of nitrogens with one attached hydrogen (secondary N) is 1. The maximum Gasteiger partial charge on any atom is 0.501 e. The first-order valence-corrected chi connectivity index (χ1v) is 6.67. The van der Waals surface area contributed by atoms with Crippen molar-refractivity contribution in [1.29, 1.82) is 0 Å². The molecular formula is C10H11F3N2O4S. The molecule has 0 aliphatic heterocycles. The number of halogens is 3. The summed E-state index contributed by atoms with van der Waals surface area (Å²) in [6.07, 6.45) is -1.66. The summed E-state index contributed by atoms with van der Waals surface area (Å²) in [4.78, 5) is 9.60. The average Bonchev–Trinajstić information content (AvgIpc) is 2.34. The molecule has 112 valence electrons. The van der Waals surface area contributed by atoms with Crippen molar-refractivity contribution < 1.29 is 31.5 Å². The molecule has 0 fully saturated rings. The fraction of sp³-hybridized carbons (Fsp3) is 0.300. The van der Waals surface area contributed by atoms with Crippen LogP contribution in [-0.2, 0) is 14.6 Å². The third kappa shape index (κ3) is 3.39. The van der Waals surface area contributed by atoms with E-state index in [9.17, 15) is 26.4 Å². The zero-order valence-corrected chi connectivity index (χ0v) is 10.7. The lowest BCUT2D eigenvalue weighted by atomic mass is 10.3. The number of carbonyl (C=O) groups is 1. The van der Waals surface area contributed by atoms with Gasteiger partial charge >= 0.3 is 5.51 Å². The van der Waals surface area contributed by atoms with Crippen LogP contribution in [0, 0.1) is 0 Å². The molecule has 0 saturated heterocycles. The van der Waals surface area contributed by atoms with Gasteiger partial charge in [-0.05, 0) is 12.1 Å². The average molecular weight is 312 g/mol. The standard InChI is InChI=1S/C10H11F3N2O4S/c11-10(12,13)20(18,19)8-4-2-1-3-6(8)15-5-7(16)9(14)17/h1-4,7,15-16H,5H2,(H2,14,17). The van der Waals surface area contributed by atoms with Gasteiger partial charge in [0.2, 0.25) is 5.91 Å². The number of aliphatic hydroxyl groups is 1. The Kier molecular flexibility index (Phi) is 4.61. The topological polar surface area (TPSA) is 109 Å². The van der Waals surface area contributed by atoms with Crippen LogP contribution in [0.1, 0.15) is 0 Å². The lowest BCUT2D eigenvalue weighted by molar-refractivity contribution is -0.125. The van der Waals surface area contributed by atoms with Gasteiger partial charge in [0.25, 0.3) is 9.84 Å². The number of rotatable bonds is 5. The number of benzene rings is 1. The predicted octanol–water partition coefficient (Wildman–Crippen LogP) is 0.238. The van der Waals surface area contributed by atoms with Crippen LogP contribution in [-0.4, -0.2) is 37.6 Å². The molecule has 0 saturated carbocycles. The minimum Gasteiger partial charge on any atom is -0.381 e. The Balaban J connectivity index is 3.10. The van der Waals surface area contributed by atoms with Crippen molar-refractivity contribution in [3.63, 3.8) is 0 Å². The first-order valence-electron chi connectivity index (χ1n) is 5.19. The monoisotopic (exact) mass is 312 g/mol. The minimum atomic E-state index is -5.54. The molecule has 0 spiro atoms. The second-order valence-corrected chi connectivity index (χ2v) is 5.65. The molecule has 0 aliphatic carbocycles. The second-order valence-electron chi connectivity index (χ2n) is 3.74. The summed E-state index contributed by atoms with van der Waals surface area (Å²) in [5, 5.41) is 11.4. The molecule has 1 aromatic rings. The van der Waals surface area contributed by atoms with E-state index in [-0.39, 0.29) is 5.69 Å². The van der Waals surface area contributed by atoms with Gasteiger partial charge in [-0.15, -0.1) is 0 Å². The lowest BCUT2D eigenvalue weighted by Gasteiger charge is -2.15. The summed E-state index contributed by atoms with van der Waals surface area (Å²) in [7, 11) is -5.54. The predicted molar refractivity (Wildman–Crippen MR) is 63.4 cm³/mol. The Morgan fingerprint density at radius 3 is 2.40 bits per heavy atom. The molecule has 4 N–H and O–H groups in total. The maximum absolute atomic E-state index is 12.5. The van der Waals surface area contributed by atoms with Crippen LogP contribution in [0.5, 0.6) is 0 Å². The summed E-state index contributed by atoms with van der Waals surface area (Å²) < 4.78 is 60.1. The van der Waals surface area contributed by atoms with Crippen LogP contribution in [0.3, 0.4) is 0 Å². The van der Waals surface area contributed by atoms with Crippen molar-refractivity contribution in [2.75, 3.05) is 11.9 Å². The third-order valence-corrected chi connectivity index (χ3v) is 3.84. The Morgan fingerprint density at radius 2 is 1.90 bits per heavy atom. The van der Waals surface area contributed by atoms with Crippen molar-refractivity contribution >= 4 is 21.4 Å². The number of aliphatic hydroxyl groups excluding tert-OH is 1. The van der Waals surface area contributed by atoms with E-state index in [1.54, 1.807) is 0 Å². The number of anilines is 1. The van der Waals surface area contributed by atoms with Crippen LogP contribution in [0.4, 0.5) is 18.9 Å². The van der Waals surface area contributed by atoms with E-state index in [2.05, 4.69) is 5.32 Å². The van der Waals surface area contributed by atoms with Gasteiger partial charge in [-0.3, -0.25) is 4.79 Å². The fourth-order valence-electron chi connectivity index (χ4n) is 1.28. The molecule has 1 atom stereocenters. The van der Waals surface area contributed by atoms with E-state index in [0.29, 0.717) is 0 Å². The van der Waals surface area contributed by atoms with Gasteiger partial charge in [-0.1, -0.05) is 12.1 Å². The number of carbonyl (C=O) groups excluding carboxylic acids is 1. The van der Waals surface area contributed by atoms with Gasteiger partial charge < -0.3 is 16.2 Å². The second kappa shape index (κ2) is 5.67. The molecule has 0 aromatic heterocycles. The van der Waals surface area contributed by atoms with Crippen LogP contribution in [0.15, 0.2) is 29.2 Å². The Bertz CT molecular complexity index is 601. The summed E-state index contributed by atoms with van der Waals surface area (Å²) >= 11 is 0. The smallest absolute Gasteiger partial charge is 0.381 e. The number of primary amides is 1. The van der Waals surface area contributed by atoms with Gasteiger partial charge in [0, 0.05) is 6.54 Å². The molecular weight excluding hydrogens is 301 g/mol. The van der Waals surface area contributed by atoms with E-state index in [1.165, 1.54) is 6.07 Å². The summed E-state index contributed by atoms with van der Waals surface area (Å²) in [5.74, 6) is -1.09. The number of nitrogens with two attached hydrogens (primary N) is 1. The Morgan fingerprint density at radius 1 is 1.35 bits per heavy atom.